The van der Waals surface area contributed by atoms with Gasteiger partial charge in [-0.05, 0) is 55.3 Å². The molecule has 1 aliphatic heterocycles. The number of amides is 1. The van der Waals surface area contributed by atoms with Crippen LogP contribution < -0.4 is 15.4 Å². The molecule has 4 aromatic rings. The SMILES string of the molecule is Cc1ccc(N(C)C(=O)Cn2cc(S(=O)(=O)N3CCN(c4ccccc4F)CC3)c3ccccc3c2=O)cc1C. The lowest BCUT2D eigenvalue weighted by atomic mass is 10.1. The normalized spacial score (nSPS) is 14.4. The molecule has 1 aliphatic rings. The number of hydrogen-bond donors (Lipinski definition) is 0. The van der Waals surface area contributed by atoms with E-state index in [2.05, 4.69) is 0 Å². The molecule has 0 aliphatic carbocycles. The summed E-state index contributed by atoms with van der Waals surface area (Å²) in [5, 5.41) is 0.519. The van der Waals surface area contributed by atoms with E-state index in [0.29, 0.717) is 29.9 Å². The zero-order valence-corrected chi connectivity index (χ0v) is 23.5. The smallest absolute Gasteiger partial charge is 0.258 e. The number of aryl methyl sites for hydroxylation is 2. The highest BCUT2D eigenvalue weighted by Gasteiger charge is 2.32. The highest BCUT2D eigenvalue weighted by Crippen LogP contribution is 2.27. The van der Waals surface area contributed by atoms with Crippen molar-refractivity contribution in [3.05, 3.63) is 100 Å². The van der Waals surface area contributed by atoms with Crippen LogP contribution in [0.25, 0.3) is 10.8 Å². The van der Waals surface area contributed by atoms with Crippen molar-refractivity contribution < 1.29 is 17.6 Å². The molecule has 208 valence electrons. The van der Waals surface area contributed by atoms with E-state index in [1.54, 1.807) is 49.5 Å². The fourth-order valence-electron chi connectivity index (χ4n) is 4.98. The summed E-state index contributed by atoms with van der Waals surface area (Å²) in [6.07, 6.45) is 1.27. The van der Waals surface area contributed by atoms with E-state index in [9.17, 15) is 22.4 Å². The summed E-state index contributed by atoms with van der Waals surface area (Å²) < 4.78 is 44.6. The zero-order chi connectivity index (χ0) is 28.6. The first-order valence-corrected chi connectivity index (χ1v) is 14.5. The largest absolute Gasteiger partial charge is 0.367 e. The second kappa shape index (κ2) is 10.9. The Kier molecular flexibility index (Phi) is 7.48. The van der Waals surface area contributed by atoms with Gasteiger partial charge in [0.25, 0.3) is 5.56 Å². The number of likely N-dealkylation sites (N-methyl/N-ethyl adjacent to an activating group) is 1. The van der Waals surface area contributed by atoms with Crippen molar-refractivity contribution in [2.45, 2.75) is 25.3 Å². The van der Waals surface area contributed by atoms with E-state index in [0.717, 1.165) is 11.1 Å². The third-order valence-electron chi connectivity index (χ3n) is 7.56. The number of hydrogen-bond acceptors (Lipinski definition) is 5. The van der Waals surface area contributed by atoms with E-state index in [4.69, 9.17) is 0 Å². The van der Waals surface area contributed by atoms with E-state index >= 15 is 0 Å². The van der Waals surface area contributed by atoms with E-state index in [1.807, 2.05) is 36.9 Å². The number of piperazine rings is 1. The molecule has 0 spiro atoms. The lowest BCUT2D eigenvalue weighted by molar-refractivity contribution is -0.118. The van der Waals surface area contributed by atoms with Crippen molar-refractivity contribution >= 4 is 38.1 Å². The van der Waals surface area contributed by atoms with Gasteiger partial charge in [0.05, 0.1) is 5.69 Å². The van der Waals surface area contributed by atoms with Crippen molar-refractivity contribution in [1.82, 2.24) is 8.87 Å². The molecule has 1 amide bonds. The van der Waals surface area contributed by atoms with Crippen molar-refractivity contribution in [2.24, 2.45) is 0 Å². The molecule has 1 saturated heterocycles. The van der Waals surface area contributed by atoms with Crippen LogP contribution in [0.5, 0.6) is 0 Å². The molecule has 0 unspecified atom stereocenters. The molecule has 0 bridgehead atoms. The van der Waals surface area contributed by atoms with E-state index < -0.39 is 15.6 Å². The summed E-state index contributed by atoms with van der Waals surface area (Å²) >= 11 is 0. The first kappa shape index (κ1) is 27.5. The molecular formula is C30H31FN4O4S. The monoisotopic (exact) mass is 562 g/mol. The Labute approximate surface area is 232 Å². The number of rotatable bonds is 6. The molecule has 1 aromatic heterocycles. The highest BCUT2D eigenvalue weighted by atomic mass is 32.2. The maximum Gasteiger partial charge on any atom is 0.258 e. The number of sulfonamides is 1. The first-order valence-electron chi connectivity index (χ1n) is 13.0. The maximum absolute atomic E-state index is 14.3. The van der Waals surface area contributed by atoms with Crippen LogP contribution in [0.2, 0.25) is 0 Å². The summed E-state index contributed by atoms with van der Waals surface area (Å²) in [5.41, 5.74) is 2.80. The van der Waals surface area contributed by atoms with Crippen LogP contribution >= 0.6 is 0 Å². The van der Waals surface area contributed by atoms with Crippen LogP contribution in [0.15, 0.2) is 82.6 Å². The topological polar surface area (TPSA) is 82.9 Å². The van der Waals surface area contributed by atoms with Crippen LogP contribution in [-0.4, -0.2) is 56.4 Å². The lowest BCUT2D eigenvalue weighted by Crippen LogP contribution is -2.49. The highest BCUT2D eigenvalue weighted by molar-refractivity contribution is 7.89. The number of nitrogens with zero attached hydrogens (tertiary/aromatic N) is 4. The van der Waals surface area contributed by atoms with Gasteiger partial charge in [-0.1, -0.05) is 36.4 Å². The van der Waals surface area contributed by atoms with E-state index in [-0.39, 0.29) is 41.6 Å². The van der Waals surface area contributed by atoms with Crippen molar-refractivity contribution in [1.29, 1.82) is 0 Å². The minimum atomic E-state index is -4.03. The minimum Gasteiger partial charge on any atom is -0.367 e. The first-order chi connectivity index (χ1) is 19.1. The van der Waals surface area contributed by atoms with Gasteiger partial charge in [-0.15, -0.1) is 0 Å². The van der Waals surface area contributed by atoms with Gasteiger partial charge in [-0.3, -0.25) is 9.59 Å². The molecule has 3 aromatic carbocycles. The summed E-state index contributed by atoms with van der Waals surface area (Å²) in [6, 6.07) is 18.6. The average Bonchev–Trinajstić information content (AvgIpc) is 2.96. The number of para-hydroxylation sites is 1. The third kappa shape index (κ3) is 5.12. The Balaban J connectivity index is 1.45. The number of anilines is 2. The summed E-state index contributed by atoms with van der Waals surface area (Å²) in [6.45, 7) is 4.55. The van der Waals surface area contributed by atoms with Crippen LogP contribution in [-0.2, 0) is 21.4 Å². The molecule has 0 radical (unpaired) electrons. The number of aromatic nitrogens is 1. The molecule has 2 heterocycles. The van der Waals surface area contributed by atoms with Gasteiger partial charge in [0.1, 0.15) is 17.3 Å². The lowest BCUT2D eigenvalue weighted by Gasteiger charge is -2.35. The fraction of sp³-hybridized carbons (Fsp3) is 0.267. The Bertz CT molecular complexity index is 1760. The van der Waals surface area contributed by atoms with Gasteiger partial charge >= 0.3 is 0 Å². The van der Waals surface area contributed by atoms with E-state index in [1.165, 1.54) is 26.0 Å². The van der Waals surface area contributed by atoms with Gasteiger partial charge < -0.3 is 14.4 Å². The molecule has 0 N–H and O–H groups in total. The molecule has 40 heavy (non-hydrogen) atoms. The third-order valence-corrected chi connectivity index (χ3v) is 9.49. The van der Waals surface area contributed by atoms with Gasteiger partial charge in [0.2, 0.25) is 15.9 Å². The number of carbonyl (C=O) groups excluding carboxylic acids is 1. The molecule has 8 nitrogen and oxygen atoms in total. The number of fused-ring (bicyclic) bond motifs is 1. The van der Waals surface area contributed by atoms with Crippen molar-refractivity contribution in [2.75, 3.05) is 43.0 Å². The van der Waals surface area contributed by atoms with Crippen LogP contribution in [0.1, 0.15) is 11.1 Å². The molecule has 0 saturated carbocycles. The summed E-state index contributed by atoms with van der Waals surface area (Å²) in [7, 11) is -2.40. The molecule has 0 atom stereocenters. The molecular weight excluding hydrogens is 531 g/mol. The zero-order valence-electron chi connectivity index (χ0n) is 22.7. The van der Waals surface area contributed by atoms with Crippen molar-refractivity contribution in [3.8, 4) is 0 Å². The van der Waals surface area contributed by atoms with Gasteiger partial charge in [0, 0.05) is 55.9 Å². The Morgan fingerprint density at radius 2 is 1.55 bits per heavy atom. The Morgan fingerprint density at radius 1 is 0.900 bits per heavy atom. The molecule has 5 rings (SSSR count). The fourth-order valence-corrected chi connectivity index (χ4v) is 6.62. The summed E-state index contributed by atoms with van der Waals surface area (Å²) in [4.78, 5) is 29.8. The molecule has 10 heteroatoms. The predicted molar refractivity (Wildman–Crippen MR) is 155 cm³/mol. The predicted octanol–water partition coefficient (Wildman–Crippen LogP) is 3.93. The number of carbonyl (C=O) groups is 1. The summed E-state index contributed by atoms with van der Waals surface area (Å²) in [5.74, 6) is -0.713. The van der Waals surface area contributed by atoms with Gasteiger partial charge in [-0.25, -0.2) is 12.8 Å². The number of halogens is 1. The van der Waals surface area contributed by atoms with Crippen LogP contribution in [0.3, 0.4) is 0 Å². The van der Waals surface area contributed by atoms with Gasteiger partial charge in [0.15, 0.2) is 0 Å². The van der Waals surface area contributed by atoms with Gasteiger partial charge in [-0.2, -0.15) is 4.31 Å². The van der Waals surface area contributed by atoms with Crippen molar-refractivity contribution in [3.63, 3.8) is 0 Å². The Hall–Kier alpha value is -4.02. The standard InChI is InChI=1S/C30H31FN4O4S/c1-21-12-13-23(18-22(21)2)32(3)29(36)20-34-19-28(24-8-4-5-9-25(24)30(34)37)40(38,39)35-16-14-33(15-17-35)27-11-7-6-10-26(27)31/h4-13,18-19H,14-17,20H2,1-3H3. The maximum atomic E-state index is 14.3. The Morgan fingerprint density at radius 3 is 2.23 bits per heavy atom. The second-order valence-electron chi connectivity index (χ2n) is 10.0. The quantitative estimate of drug-likeness (QED) is 0.356. The minimum absolute atomic E-state index is 0.0383. The van der Waals surface area contributed by atoms with Crippen LogP contribution in [0, 0.1) is 19.7 Å². The number of benzene rings is 3. The molecule has 1 fully saturated rings. The second-order valence-corrected chi connectivity index (χ2v) is 11.9. The average molecular weight is 563 g/mol. The number of pyridine rings is 1. The van der Waals surface area contributed by atoms with Crippen LogP contribution in [0.4, 0.5) is 15.8 Å².